The molecule has 0 spiro atoms. The predicted octanol–water partition coefficient (Wildman–Crippen LogP) is 4.68. The average Bonchev–Trinajstić information content (AvgIpc) is 3.45. The van der Waals surface area contributed by atoms with Crippen molar-refractivity contribution in [1.29, 1.82) is 0 Å². The smallest absolute Gasteiger partial charge is 0.256 e. The third-order valence-corrected chi connectivity index (χ3v) is 6.33. The Balaban J connectivity index is 1.73. The van der Waals surface area contributed by atoms with Gasteiger partial charge in [0.15, 0.2) is 5.65 Å². The minimum atomic E-state index is -0.331. The van der Waals surface area contributed by atoms with Crippen LogP contribution in [0.4, 0.5) is 5.69 Å². The van der Waals surface area contributed by atoms with E-state index in [9.17, 15) is 9.59 Å². The van der Waals surface area contributed by atoms with Crippen LogP contribution in [0.25, 0.3) is 21.6 Å². The molecule has 2 N–H and O–H groups in total. The van der Waals surface area contributed by atoms with Gasteiger partial charge in [-0.05, 0) is 51.1 Å². The van der Waals surface area contributed by atoms with Crippen LogP contribution < -0.4 is 10.6 Å². The number of methoxy groups -OCH3 is 1. The van der Waals surface area contributed by atoms with E-state index in [1.54, 1.807) is 55.0 Å². The molecule has 0 unspecified atom stereocenters. The summed E-state index contributed by atoms with van der Waals surface area (Å²) in [7, 11) is 1.57. The van der Waals surface area contributed by atoms with Gasteiger partial charge >= 0.3 is 0 Å². The van der Waals surface area contributed by atoms with E-state index in [-0.39, 0.29) is 17.9 Å². The Morgan fingerprint density at radius 3 is 2.62 bits per heavy atom. The number of anilines is 1. The van der Waals surface area contributed by atoms with Gasteiger partial charge in [-0.2, -0.15) is 5.10 Å². The molecule has 0 aliphatic rings. The van der Waals surface area contributed by atoms with Crippen LogP contribution in [-0.4, -0.2) is 46.8 Å². The van der Waals surface area contributed by atoms with Crippen LogP contribution >= 0.6 is 11.3 Å². The lowest BCUT2D eigenvalue weighted by Gasteiger charge is -2.13. The summed E-state index contributed by atoms with van der Waals surface area (Å²) in [5, 5.41) is 10.8. The number of thiophene rings is 1. The molecule has 8 nitrogen and oxygen atoms in total. The number of carbonyl (C=O) groups is 2. The fraction of sp³-hybridized carbons (Fsp3) is 0.280. The van der Waals surface area contributed by atoms with Crippen molar-refractivity contribution >= 4 is 39.9 Å². The first-order valence-corrected chi connectivity index (χ1v) is 11.8. The number of hydrogen-bond acceptors (Lipinski definition) is 6. The topological polar surface area (TPSA) is 98.1 Å². The van der Waals surface area contributed by atoms with Gasteiger partial charge in [0.25, 0.3) is 11.8 Å². The fourth-order valence-electron chi connectivity index (χ4n) is 3.62. The molecule has 0 bridgehead atoms. The number of aryl methyl sites for hydroxylation is 1. The highest BCUT2D eigenvalue weighted by Gasteiger charge is 2.21. The van der Waals surface area contributed by atoms with Crippen molar-refractivity contribution in [2.75, 3.05) is 25.6 Å². The number of pyridine rings is 1. The molecule has 176 valence electrons. The number of aromatic nitrogens is 3. The minimum Gasteiger partial charge on any atom is -0.383 e. The largest absolute Gasteiger partial charge is 0.383 e. The van der Waals surface area contributed by atoms with Crippen LogP contribution in [0.5, 0.6) is 0 Å². The molecule has 4 rings (SSSR count). The Labute approximate surface area is 202 Å². The summed E-state index contributed by atoms with van der Waals surface area (Å²) in [5.74, 6) is -0.613. The third kappa shape index (κ3) is 4.85. The van der Waals surface area contributed by atoms with Crippen molar-refractivity contribution in [1.82, 2.24) is 20.1 Å². The van der Waals surface area contributed by atoms with Gasteiger partial charge < -0.3 is 15.4 Å². The molecular weight excluding hydrogens is 450 g/mol. The van der Waals surface area contributed by atoms with E-state index in [4.69, 9.17) is 9.72 Å². The summed E-state index contributed by atoms with van der Waals surface area (Å²) < 4.78 is 6.80. The molecule has 34 heavy (non-hydrogen) atoms. The monoisotopic (exact) mass is 477 g/mol. The molecule has 0 atom stereocenters. The van der Waals surface area contributed by atoms with E-state index >= 15 is 0 Å². The Bertz CT molecular complexity index is 1340. The molecule has 4 aromatic rings. The Morgan fingerprint density at radius 2 is 1.91 bits per heavy atom. The number of benzene rings is 1. The number of nitrogens with zero attached hydrogens (tertiary/aromatic N) is 3. The van der Waals surface area contributed by atoms with Gasteiger partial charge in [-0.1, -0.05) is 12.1 Å². The zero-order valence-electron chi connectivity index (χ0n) is 19.6. The number of rotatable bonds is 8. The lowest BCUT2D eigenvalue weighted by Crippen LogP contribution is -2.28. The highest BCUT2D eigenvalue weighted by atomic mass is 32.1. The lowest BCUT2D eigenvalue weighted by molar-refractivity contribution is 0.0938. The maximum Gasteiger partial charge on any atom is 0.256 e. The van der Waals surface area contributed by atoms with Gasteiger partial charge in [0.2, 0.25) is 0 Å². The number of nitrogens with one attached hydrogen (secondary N) is 2. The molecule has 3 heterocycles. The zero-order chi connectivity index (χ0) is 24.2. The second-order valence-corrected chi connectivity index (χ2v) is 9.42. The summed E-state index contributed by atoms with van der Waals surface area (Å²) in [6.45, 7) is 6.86. The number of ether oxygens (including phenoxy) is 1. The molecule has 2 amide bonds. The van der Waals surface area contributed by atoms with Crippen molar-refractivity contribution in [3.8, 4) is 10.6 Å². The van der Waals surface area contributed by atoms with E-state index in [0.29, 0.717) is 46.7 Å². The number of carbonyl (C=O) groups excluding carboxylic acids is 2. The zero-order valence-corrected chi connectivity index (χ0v) is 20.4. The quantitative estimate of drug-likeness (QED) is 0.359. The SMILES string of the molecule is COCCNC(=O)c1ccccc1NC(=O)c1cc(-c2ccc(C)s2)nc2c1cnn2C(C)C. The molecule has 0 saturated heterocycles. The molecule has 0 aliphatic heterocycles. The van der Waals surface area contributed by atoms with E-state index in [2.05, 4.69) is 15.7 Å². The first-order chi connectivity index (χ1) is 16.4. The number of amides is 2. The molecular formula is C25H27N5O3S. The van der Waals surface area contributed by atoms with Crippen LogP contribution in [-0.2, 0) is 4.74 Å². The number of para-hydroxylation sites is 1. The maximum absolute atomic E-state index is 13.5. The van der Waals surface area contributed by atoms with Gasteiger partial charge in [0.05, 0.1) is 45.6 Å². The summed E-state index contributed by atoms with van der Waals surface area (Å²) in [6.07, 6.45) is 1.67. The molecule has 3 aromatic heterocycles. The lowest BCUT2D eigenvalue weighted by atomic mass is 10.1. The van der Waals surface area contributed by atoms with E-state index in [0.717, 1.165) is 9.75 Å². The normalized spacial score (nSPS) is 11.2. The molecule has 0 radical (unpaired) electrons. The summed E-state index contributed by atoms with van der Waals surface area (Å²) in [5.41, 5.74) is 2.62. The summed E-state index contributed by atoms with van der Waals surface area (Å²) >= 11 is 1.62. The predicted molar refractivity (Wildman–Crippen MR) is 135 cm³/mol. The standard InChI is InChI=1S/C25H27N5O3S/c1-15(2)30-23-19(14-27-30)18(13-21(28-23)22-10-9-16(3)34-22)25(32)29-20-8-6-5-7-17(20)24(31)26-11-12-33-4/h5-10,13-15H,11-12H2,1-4H3,(H,26,31)(H,29,32). The van der Waals surface area contributed by atoms with Gasteiger partial charge in [0.1, 0.15) is 0 Å². The van der Waals surface area contributed by atoms with Gasteiger partial charge in [0, 0.05) is 24.6 Å². The minimum absolute atomic E-state index is 0.0813. The fourth-order valence-corrected chi connectivity index (χ4v) is 4.45. The summed E-state index contributed by atoms with van der Waals surface area (Å²) in [4.78, 5) is 33.1. The number of fused-ring (bicyclic) bond motifs is 1. The van der Waals surface area contributed by atoms with Gasteiger partial charge in [-0.15, -0.1) is 11.3 Å². The van der Waals surface area contributed by atoms with Crippen LogP contribution in [0.1, 0.15) is 45.5 Å². The highest BCUT2D eigenvalue weighted by molar-refractivity contribution is 7.15. The molecule has 1 aromatic carbocycles. The average molecular weight is 478 g/mol. The first kappa shape index (κ1) is 23.6. The molecule has 0 aliphatic carbocycles. The number of hydrogen-bond donors (Lipinski definition) is 2. The highest BCUT2D eigenvalue weighted by Crippen LogP contribution is 2.31. The molecule has 0 saturated carbocycles. The Kier molecular flexibility index (Phi) is 7.04. The van der Waals surface area contributed by atoms with Crippen LogP contribution in [0.2, 0.25) is 0 Å². The maximum atomic E-state index is 13.5. The van der Waals surface area contributed by atoms with Crippen molar-refractivity contribution in [3.63, 3.8) is 0 Å². The van der Waals surface area contributed by atoms with Crippen molar-refractivity contribution < 1.29 is 14.3 Å². The second-order valence-electron chi connectivity index (χ2n) is 8.13. The molecule has 9 heteroatoms. The first-order valence-electron chi connectivity index (χ1n) is 11.0. The second kappa shape index (κ2) is 10.1. The van der Waals surface area contributed by atoms with Crippen LogP contribution in [0.15, 0.2) is 48.7 Å². The Hall–Kier alpha value is -3.56. The van der Waals surface area contributed by atoms with Crippen molar-refractivity contribution in [2.24, 2.45) is 0 Å². The van der Waals surface area contributed by atoms with Crippen LogP contribution in [0, 0.1) is 6.92 Å². The van der Waals surface area contributed by atoms with Crippen molar-refractivity contribution in [3.05, 3.63) is 64.7 Å². The van der Waals surface area contributed by atoms with E-state index in [1.165, 1.54) is 0 Å². The van der Waals surface area contributed by atoms with Gasteiger partial charge in [-0.3, -0.25) is 9.59 Å². The third-order valence-electron chi connectivity index (χ3n) is 5.30. The van der Waals surface area contributed by atoms with Crippen LogP contribution in [0.3, 0.4) is 0 Å². The summed E-state index contributed by atoms with van der Waals surface area (Å²) in [6, 6.07) is 12.8. The van der Waals surface area contributed by atoms with E-state index < -0.39 is 0 Å². The molecule has 0 fully saturated rings. The van der Waals surface area contributed by atoms with E-state index in [1.807, 2.05) is 37.6 Å². The van der Waals surface area contributed by atoms with Gasteiger partial charge in [-0.25, -0.2) is 9.67 Å². The Morgan fingerprint density at radius 1 is 1.12 bits per heavy atom. The van der Waals surface area contributed by atoms with Crippen molar-refractivity contribution in [2.45, 2.75) is 26.8 Å².